The van der Waals surface area contributed by atoms with Gasteiger partial charge in [-0.3, -0.25) is 0 Å². The molecule has 0 N–H and O–H groups in total. The molecule has 0 atom stereocenters. The van der Waals surface area contributed by atoms with Crippen LogP contribution in [0, 0.1) is 11.8 Å². The van der Waals surface area contributed by atoms with Crippen LogP contribution in [0.5, 0.6) is 0 Å². The minimum absolute atomic E-state index is 0.563. The van der Waals surface area contributed by atoms with Gasteiger partial charge in [-0.1, -0.05) is 19.3 Å². The lowest BCUT2D eigenvalue weighted by molar-refractivity contribution is -0.429. The first-order valence-electron chi connectivity index (χ1n) is 6.81. The van der Waals surface area contributed by atoms with Crippen molar-refractivity contribution in [2.45, 2.75) is 45.1 Å². The van der Waals surface area contributed by atoms with Gasteiger partial charge in [0.2, 0.25) is 0 Å². The maximum Gasteiger partial charge on any atom is 0.277 e. The molecule has 1 aromatic rings. The third kappa shape index (κ3) is 3.14. The van der Waals surface area contributed by atoms with E-state index in [1.54, 1.807) is 0 Å². The number of rotatable bonds is 3. The van der Waals surface area contributed by atoms with Crippen LogP contribution in [0.1, 0.15) is 37.8 Å². The van der Waals surface area contributed by atoms with Crippen LogP contribution in [0.15, 0.2) is 10.5 Å². The van der Waals surface area contributed by atoms with Gasteiger partial charge in [0.25, 0.3) is 5.69 Å². The average Bonchev–Trinajstić information content (AvgIpc) is 2.41. The van der Waals surface area contributed by atoms with E-state index in [0.29, 0.717) is 11.7 Å². The molecule has 0 radical (unpaired) electrons. The summed E-state index contributed by atoms with van der Waals surface area (Å²) in [6.45, 7) is 1.88. The predicted octanol–water partition coefficient (Wildman–Crippen LogP) is 3.96. The number of aryl methyl sites for hydroxylation is 1. The molecule has 0 aliphatic heterocycles. The third-order valence-electron chi connectivity index (χ3n) is 3.92. The molecule has 19 heavy (non-hydrogen) atoms. The van der Waals surface area contributed by atoms with Gasteiger partial charge in [0.05, 0.1) is 4.47 Å². The van der Waals surface area contributed by atoms with Crippen LogP contribution in [0.25, 0.3) is 0 Å². The van der Waals surface area contributed by atoms with Gasteiger partial charge in [0.1, 0.15) is 11.5 Å². The highest BCUT2D eigenvalue weighted by Gasteiger charge is 2.23. The molecule has 104 valence electrons. The molecule has 0 spiro atoms. The maximum atomic E-state index is 11.4. The van der Waals surface area contributed by atoms with Gasteiger partial charge in [0.15, 0.2) is 7.05 Å². The topological polar surface area (TPSA) is 36.2 Å². The molecule has 5 heteroatoms. The van der Waals surface area contributed by atoms with E-state index in [-0.39, 0.29) is 0 Å². The smallest absolute Gasteiger partial charge is 0.277 e. The summed E-state index contributed by atoms with van der Waals surface area (Å²) >= 11 is 3.55. The highest BCUT2D eigenvalue weighted by Crippen LogP contribution is 2.33. The molecule has 1 aromatic heterocycles. The summed E-state index contributed by atoms with van der Waals surface area (Å²) < 4.78 is 1.75. The van der Waals surface area contributed by atoms with Crippen LogP contribution in [0.3, 0.4) is 0 Å². The number of pyridine rings is 1. The number of anilines is 1. The first-order chi connectivity index (χ1) is 9.00. The Morgan fingerprint density at radius 3 is 2.58 bits per heavy atom. The molecule has 0 aromatic carbocycles. The molecule has 1 aliphatic rings. The van der Waals surface area contributed by atoms with E-state index >= 15 is 0 Å². The van der Waals surface area contributed by atoms with Crippen molar-refractivity contribution in [2.75, 3.05) is 19.0 Å². The van der Waals surface area contributed by atoms with E-state index in [4.69, 9.17) is 0 Å². The Bertz CT molecular complexity index is 484. The van der Waals surface area contributed by atoms with E-state index in [0.717, 1.165) is 20.7 Å². The number of nitroso groups, excluding NO2 is 1. The lowest BCUT2D eigenvalue weighted by Gasteiger charge is -2.32. The van der Waals surface area contributed by atoms with Crippen LogP contribution < -0.4 is 4.90 Å². The fourth-order valence-corrected chi connectivity index (χ4v) is 3.35. The zero-order valence-corrected chi connectivity index (χ0v) is 13.4. The summed E-state index contributed by atoms with van der Waals surface area (Å²) in [4.78, 5) is 18.3. The number of hydrogen-bond acceptors (Lipinski definition) is 3. The Hall–Kier alpha value is -0.970. The molecule has 0 unspecified atom stereocenters. The molecular weight excluding hydrogens is 306 g/mol. The van der Waals surface area contributed by atoms with Gasteiger partial charge >= 0.3 is 0 Å². The predicted molar refractivity (Wildman–Crippen MR) is 81.2 cm³/mol. The van der Waals surface area contributed by atoms with Crippen molar-refractivity contribution in [3.05, 3.63) is 21.1 Å². The lowest BCUT2D eigenvalue weighted by Crippen LogP contribution is -2.34. The van der Waals surface area contributed by atoms with Crippen molar-refractivity contribution >= 4 is 27.4 Å². The molecule has 0 saturated heterocycles. The highest BCUT2D eigenvalue weighted by atomic mass is 79.9. The van der Waals surface area contributed by atoms with Crippen molar-refractivity contribution < 1.29 is 4.76 Å². The second-order valence-corrected chi connectivity index (χ2v) is 6.15. The Labute approximate surface area is 122 Å². The zero-order chi connectivity index (χ0) is 14.0. The molecule has 1 heterocycles. The standard InChI is InChI=1S/C14H21BrN3O/c1-10-13(18(3)19)9-12(15)14(16-10)17(2)11-7-5-4-6-8-11/h9,11H,4-8H2,1-3H3/q+1. The molecule has 4 nitrogen and oxygen atoms in total. The largest absolute Gasteiger partial charge is 0.356 e. The minimum Gasteiger partial charge on any atom is -0.356 e. The third-order valence-corrected chi connectivity index (χ3v) is 4.50. The van der Waals surface area contributed by atoms with Gasteiger partial charge in [-0.2, -0.15) is 0 Å². The van der Waals surface area contributed by atoms with E-state index in [2.05, 4.69) is 32.9 Å². The van der Waals surface area contributed by atoms with Crippen LogP contribution in [-0.2, 0) is 0 Å². The van der Waals surface area contributed by atoms with Crippen molar-refractivity contribution in [2.24, 2.45) is 0 Å². The Morgan fingerprint density at radius 1 is 1.37 bits per heavy atom. The number of nitrogens with zero attached hydrogens (tertiary/aromatic N) is 3. The van der Waals surface area contributed by atoms with Crippen molar-refractivity contribution in [3.8, 4) is 0 Å². The molecule has 0 bridgehead atoms. The maximum absolute atomic E-state index is 11.4. The molecule has 1 aliphatic carbocycles. The number of hydrogen-bond donors (Lipinski definition) is 0. The van der Waals surface area contributed by atoms with Crippen LogP contribution >= 0.6 is 15.9 Å². The average molecular weight is 327 g/mol. The normalized spacial score (nSPS) is 16.4. The van der Waals surface area contributed by atoms with E-state index < -0.39 is 0 Å². The Morgan fingerprint density at radius 2 is 2.00 bits per heavy atom. The second kappa shape index (κ2) is 5.99. The van der Waals surface area contributed by atoms with E-state index in [1.807, 2.05) is 13.0 Å². The summed E-state index contributed by atoms with van der Waals surface area (Å²) in [6, 6.07) is 2.43. The molecule has 2 rings (SSSR count). The summed E-state index contributed by atoms with van der Waals surface area (Å²) in [7, 11) is 3.60. The van der Waals surface area contributed by atoms with Crippen molar-refractivity contribution in [1.29, 1.82) is 0 Å². The van der Waals surface area contributed by atoms with Gasteiger partial charge in [-0.05, 0) is 35.7 Å². The summed E-state index contributed by atoms with van der Waals surface area (Å²) in [6.07, 6.45) is 6.40. The first kappa shape index (κ1) is 14.4. The zero-order valence-electron chi connectivity index (χ0n) is 11.8. The summed E-state index contributed by atoms with van der Waals surface area (Å²) in [5, 5.41) is 0. The Kier molecular flexibility index (Phi) is 4.55. The fraction of sp³-hybridized carbons (Fsp3) is 0.643. The Balaban J connectivity index is 2.29. The summed E-state index contributed by atoms with van der Waals surface area (Å²) in [5.41, 5.74) is 1.39. The second-order valence-electron chi connectivity index (χ2n) is 5.30. The van der Waals surface area contributed by atoms with Crippen LogP contribution in [0.4, 0.5) is 11.5 Å². The van der Waals surface area contributed by atoms with E-state index in [1.165, 1.54) is 39.2 Å². The van der Waals surface area contributed by atoms with E-state index in [9.17, 15) is 4.91 Å². The monoisotopic (exact) mass is 326 g/mol. The van der Waals surface area contributed by atoms with Crippen molar-refractivity contribution in [1.82, 2.24) is 4.98 Å². The van der Waals surface area contributed by atoms with Gasteiger partial charge in [-0.25, -0.2) is 4.98 Å². The number of halogens is 1. The SMILES string of the molecule is Cc1nc(N(C)C2CCCCC2)c(Br)cc1[N+](C)=O. The molecular formula is C14H21BrN3O+. The van der Waals surface area contributed by atoms with Gasteiger partial charge in [-0.15, -0.1) is 0 Å². The lowest BCUT2D eigenvalue weighted by atomic mass is 9.94. The van der Waals surface area contributed by atoms with Crippen LogP contribution in [-0.4, -0.2) is 29.9 Å². The first-order valence-corrected chi connectivity index (χ1v) is 7.61. The summed E-state index contributed by atoms with van der Waals surface area (Å²) in [5.74, 6) is 0.940. The molecule has 0 amide bonds. The van der Waals surface area contributed by atoms with Gasteiger partial charge < -0.3 is 4.90 Å². The fourth-order valence-electron chi connectivity index (χ4n) is 2.77. The highest BCUT2D eigenvalue weighted by molar-refractivity contribution is 9.10. The molecule has 1 fully saturated rings. The van der Waals surface area contributed by atoms with Gasteiger partial charge in [0, 0.05) is 28.8 Å². The quantitative estimate of drug-likeness (QED) is 0.789. The minimum atomic E-state index is 0.563. The van der Waals surface area contributed by atoms with Crippen LogP contribution in [0.2, 0.25) is 0 Å². The molecule has 1 saturated carbocycles. The van der Waals surface area contributed by atoms with Crippen molar-refractivity contribution in [3.63, 3.8) is 0 Å². The number of aromatic nitrogens is 1.